The number of carbonyl (C=O) groups is 1. The lowest BCUT2D eigenvalue weighted by atomic mass is 10.6. The average molecular weight is 2060 g/mol. The first kappa shape index (κ1) is 138. The highest BCUT2D eigenvalue weighted by Crippen LogP contribution is 1.98. The molecule has 140 heavy (non-hydrogen) atoms. The first-order valence-electron chi connectivity index (χ1n) is 50.1. The number of carbonyl (C=O) groups excluding carboxylic acids is 1. The molecule has 0 spiro atoms. The highest BCUT2D eigenvalue weighted by atomic mass is 16.7. The van der Waals surface area contributed by atoms with Gasteiger partial charge in [-0.25, -0.2) is 4.79 Å². The highest BCUT2D eigenvalue weighted by molar-refractivity contribution is 5.66. The van der Waals surface area contributed by atoms with Crippen LogP contribution in [0.1, 0.15) is 13.8 Å². The maximum atomic E-state index is 11.1. The molecule has 1 amide bonds. The molecule has 0 heterocycles. The minimum absolute atomic E-state index is 0.201. The lowest BCUT2D eigenvalue weighted by Crippen LogP contribution is -2.25. The number of hydrogen-bond acceptors (Lipinski definition) is 46. The molecule has 0 bridgehead atoms. The topological polar surface area (TPSA) is 444 Å². The molecule has 0 aromatic heterocycles. The van der Waals surface area contributed by atoms with Crippen LogP contribution in [-0.4, -0.2) is 601 Å². The van der Waals surface area contributed by atoms with Crippen LogP contribution in [0.4, 0.5) is 4.79 Å². The quantitative estimate of drug-likeness (QED) is 0.0843. The van der Waals surface area contributed by atoms with Crippen molar-refractivity contribution >= 4 is 6.09 Å². The molecule has 47 heteroatoms. The normalized spacial score (nSPS) is 11.8. The molecule has 0 aliphatic carbocycles. The largest absolute Gasteiger partial charge is 0.447 e. The maximum absolute atomic E-state index is 11.1. The lowest BCUT2D eigenvalue weighted by Gasteiger charge is -2.09. The van der Waals surface area contributed by atoms with E-state index in [2.05, 4.69) is 5.32 Å². The summed E-state index contributed by atoms with van der Waals surface area (Å²) in [7, 11) is 0. The van der Waals surface area contributed by atoms with Crippen LogP contribution >= 0.6 is 0 Å². The van der Waals surface area contributed by atoms with E-state index in [4.69, 9.17) is 213 Å². The molecule has 0 fully saturated rings. The van der Waals surface area contributed by atoms with E-state index < -0.39 is 6.09 Å². The summed E-state index contributed by atoms with van der Waals surface area (Å²) >= 11 is 0. The molecule has 0 unspecified atom stereocenters. The number of ether oxygens (including phenoxy) is 45. The zero-order valence-electron chi connectivity index (χ0n) is 85.4. The lowest BCUT2D eigenvalue weighted by molar-refractivity contribution is -0.0329. The third-order valence-electron chi connectivity index (χ3n) is 17.0. The standard InChI is InChI=1S/C93H187NO46/c1-3-94-93(95)140-92-91-139-90-89-138-88-87-137-86-85-136-84-83-135-82-81-134-80-79-133-78-77-132-76-75-131-74-73-130-72-71-129-70-69-128-68-67-127-66-65-126-64-63-125-62-61-124-60-59-123-58-57-122-56-55-121-54-53-120-52-51-119-50-49-118-48-47-117-46-45-116-44-43-115-42-41-114-40-39-113-38-37-112-36-35-111-34-33-110-32-31-109-30-29-108-28-27-107-26-25-106-24-23-105-22-21-104-20-19-103-18-17-102-16-15-101-14-13-100-12-11-99-10-9-98-8-7-97-6-5-96-4-2/h3-92H2,1-2H3,(H,94,95). The monoisotopic (exact) mass is 2050 g/mol. The van der Waals surface area contributed by atoms with Crippen LogP contribution in [0.2, 0.25) is 0 Å². The summed E-state index contributed by atoms with van der Waals surface area (Å²) in [5.74, 6) is 0. The molecule has 0 aliphatic heterocycles. The first-order valence-corrected chi connectivity index (χ1v) is 50.1. The Labute approximate surface area is 834 Å². The van der Waals surface area contributed by atoms with Crippen molar-refractivity contribution in [1.29, 1.82) is 0 Å². The van der Waals surface area contributed by atoms with Crippen LogP contribution < -0.4 is 5.32 Å². The van der Waals surface area contributed by atoms with Gasteiger partial charge in [0.15, 0.2) is 0 Å². The smallest absolute Gasteiger partial charge is 0.407 e. The number of hydrogen-bond donors (Lipinski definition) is 1. The first-order chi connectivity index (χ1) is 69.8. The molecule has 0 radical (unpaired) electrons. The second-order valence-corrected chi connectivity index (χ2v) is 28.2. The third kappa shape index (κ3) is 134. The molecule has 1 N–H and O–H groups in total. The molecule has 840 valence electrons. The summed E-state index contributed by atoms with van der Waals surface area (Å²) in [6.45, 7) is 46.8. The van der Waals surface area contributed by atoms with Crippen LogP contribution in [-0.2, 0) is 213 Å². The molecule has 0 aromatic carbocycles. The van der Waals surface area contributed by atoms with E-state index in [1.165, 1.54) is 0 Å². The molecule has 0 rings (SSSR count). The van der Waals surface area contributed by atoms with Gasteiger partial charge in [-0.15, -0.1) is 0 Å². The van der Waals surface area contributed by atoms with E-state index in [1.54, 1.807) is 0 Å². The van der Waals surface area contributed by atoms with Crippen LogP contribution in [0, 0.1) is 0 Å². The van der Waals surface area contributed by atoms with E-state index in [0.717, 1.165) is 0 Å². The average Bonchev–Trinajstić information content (AvgIpc) is 1.07. The van der Waals surface area contributed by atoms with Crippen LogP contribution in [0.25, 0.3) is 0 Å². The third-order valence-corrected chi connectivity index (χ3v) is 17.0. The molecule has 0 aliphatic rings. The van der Waals surface area contributed by atoms with Crippen molar-refractivity contribution in [3.8, 4) is 0 Å². The van der Waals surface area contributed by atoms with Crippen molar-refractivity contribution in [2.45, 2.75) is 13.8 Å². The molecule has 0 saturated carbocycles. The molecule has 47 nitrogen and oxygen atoms in total. The van der Waals surface area contributed by atoms with Gasteiger partial charge in [0, 0.05) is 13.2 Å². The number of amides is 1. The summed E-state index contributed by atoms with van der Waals surface area (Å²) in [6.07, 6.45) is -0.447. The number of rotatable bonds is 134. The van der Waals surface area contributed by atoms with Gasteiger partial charge in [0.05, 0.1) is 575 Å². The fourth-order valence-electron chi connectivity index (χ4n) is 9.99. The Morgan fingerprint density at radius 1 is 0.107 bits per heavy atom. The van der Waals surface area contributed by atoms with Crippen molar-refractivity contribution in [2.24, 2.45) is 0 Å². The second kappa shape index (κ2) is 135. The Morgan fingerprint density at radius 3 is 0.236 bits per heavy atom. The van der Waals surface area contributed by atoms with Gasteiger partial charge in [0.1, 0.15) is 6.61 Å². The van der Waals surface area contributed by atoms with Crippen LogP contribution in [0.15, 0.2) is 0 Å². The van der Waals surface area contributed by atoms with Gasteiger partial charge in [-0.05, 0) is 13.8 Å². The fourth-order valence-corrected chi connectivity index (χ4v) is 9.99. The summed E-state index contributed by atoms with van der Waals surface area (Å²) in [5.41, 5.74) is 0. The summed E-state index contributed by atoms with van der Waals surface area (Å²) < 4.78 is 248. The summed E-state index contributed by atoms with van der Waals surface area (Å²) in [6, 6.07) is 0. The zero-order chi connectivity index (χ0) is 99.7. The Balaban J connectivity index is 3.11. The Morgan fingerprint density at radius 2 is 0.171 bits per heavy atom. The van der Waals surface area contributed by atoms with Gasteiger partial charge in [0.25, 0.3) is 0 Å². The molecule has 0 atom stereocenters. The summed E-state index contributed by atoms with van der Waals surface area (Å²) in [5, 5.41) is 2.54. The van der Waals surface area contributed by atoms with Crippen molar-refractivity contribution < 1.29 is 218 Å². The van der Waals surface area contributed by atoms with Gasteiger partial charge in [0.2, 0.25) is 0 Å². The Bertz CT molecular complexity index is 1980. The van der Waals surface area contributed by atoms with E-state index in [0.29, 0.717) is 588 Å². The predicted molar refractivity (Wildman–Crippen MR) is 507 cm³/mol. The van der Waals surface area contributed by atoms with Crippen molar-refractivity contribution in [3.63, 3.8) is 0 Å². The van der Waals surface area contributed by atoms with Crippen LogP contribution in [0.3, 0.4) is 0 Å². The minimum Gasteiger partial charge on any atom is -0.447 e. The van der Waals surface area contributed by atoms with E-state index in [1.807, 2.05) is 13.8 Å². The maximum Gasteiger partial charge on any atom is 0.407 e. The fraction of sp³-hybridized carbons (Fsp3) is 0.989. The SMILES string of the molecule is CCNC(=O)OCCOCCOCCOCCOCCOCCOCCOCCOCCOCCOCCOCCOCCOCCOCCOCCOCCOCCOCCOCCOCCOCCOCCOCCOCCOCCOCCOCCOCCOCCOCCOCCOCCOCCOCCOCCOCCOCCOCCOCCOCCOCCOCCOCCOCC. The predicted octanol–water partition coefficient (Wildman–Crippen LogP) is 1.48. The molecule has 0 aromatic rings. The number of alkyl carbamates (subject to hydrolysis) is 1. The molecular weight excluding hydrogens is 1870 g/mol. The Hall–Kier alpha value is -2.49. The van der Waals surface area contributed by atoms with E-state index >= 15 is 0 Å². The van der Waals surface area contributed by atoms with Crippen LogP contribution in [0.5, 0.6) is 0 Å². The minimum atomic E-state index is -0.447. The van der Waals surface area contributed by atoms with Crippen molar-refractivity contribution in [1.82, 2.24) is 5.32 Å². The van der Waals surface area contributed by atoms with Gasteiger partial charge in [-0.2, -0.15) is 0 Å². The van der Waals surface area contributed by atoms with E-state index in [-0.39, 0.29) is 6.61 Å². The van der Waals surface area contributed by atoms with Gasteiger partial charge in [-0.3, -0.25) is 0 Å². The second-order valence-electron chi connectivity index (χ2n) is 28.2. The van der Waals surface area contributed by atoms with Crippen molar-refractivity contribution in [2.75, 3.05) is 595 Å². The number of nitrogens with one attached hydrogen (secondary N) is 1. The van der Waals surface area contributed by atoms with Gasteiger partial charge in [-0.1, -0.05) is 0 Å². The Kier molecular flexibility index (Phi) is 132. The van der Waals surface area contributed by atoms with E-state index in [9.17, 15) is 4.79 Å². The molecular formula is C93H187NO46. The van der Waals surface area contributed by atoms with Crippen molar-refractivity contribution in [3.05, 3.63) is 0 Å². The van der Waals surface area contributed by atoms with Gasteiger partial charge >= 0.3 is 6.09 Å². The van der Waals surface area contributed by atoms with Gasteiger partial charge < -0.3 is 218 Å². The molecule has 0 saturated heterocycles. The summed E-state index contributed by atoms with van der Waals surface area (Å²) in [4.78, 5) is 11.1. The zero-order valence-corrected chi connectivity index (χ0v) is 85.4. The highest BCUT2D eigenvalue weighted by Gasteiger charge is 2.07.